The smallest absolute Gasteiger partial charge is 0.191 e. The number of guanidine groups is 1. The number of rotatable bonds is 12. The van der Waals surface area contributed by atoms with Gasteiger partial charge < -0.3 is 24.7 Å². The monoisotopic (exact) mass is 530 g/mol. The summed E-state index contributed by atoms with van der Waals surface area (Å²) in [6.45, 7) is 7.44. The summed E-state index contributed by atoms with van der Waals surface area (Å²) in [6, 6.07) is 10.3. The predicted octanol–water partition coefficient (Wildman–Crippen LogP) is 2.98. The fraction of sp³-hybridized carbons (Fsp3) is 0.571. The van der Waals surface area contributed by atoms with Crippen molar-refractivity contribution in [3.8, 4) is 0 Å². The lowest BCUT2D eigenvalue weighted by Gasteiger charge is -2.15. The van der Waals surface area contributed by atoms with Crippen molar-refractivity contribution in [2.75, 3.05) is 33.4 Å². The minimum Gasteiger partial charge on any atom is -0.385 e. The van der Waals surface area contributed by atoms with Crippen molar-refractivity contribution in [3.05, 3.63) is 47.5 Å². The van der Waals surface area contributed by atoms with E-state index in [0.29, 0.717) is 19.8 Å². The first-order chi connectivity index (χ1) is 14.1. The van der Waals surface area contributed by atoms with Crippen LogP contribution >= 0.6 is 24.0 Å². The Morgan fingerprint density at radius 1 is 1.10 bits per heavy atom. The standard InChI is InChI=1S/C21H34N6O2.HI/c1-17(19-10-6-5-7-11-19)29-15-9-13-23-21(22-12-8-14-28-4)24-16-20-26-25-18(2)27(20)3;/h5-7,10-11,17H,8-9,12-16H2,1-4H3,(H2,22,23,24);1H. The van der Waals surface area contributed by atoms with Gasteiger partial charge in [0.15, 0.2) is 11.8 Å². The molecule has 0 bridgehead atoms. The highest BCUT2D eigenvalue weighted by atomic mass is 127. The molecule has 1 aromatic carbocycles. The van der Waals surface area contributed by atoms with Gasteiger partial charge >= 0.3 is 0 Å². The molecule has 1 atom stereocenters. The van der Waals surface area contributed by atoms with Crippen LogP contribution in [-0.4, -0.2) is 54.1 Å². The number of benzene rings is 1. The Labute approximate surface area is 196 Å². The first-order valence-electron chi connectivity index (χ1n) is 10.1. The number of aromatic nitrogens is 3. The van der Waals surface area contributed by atoms with Gasteiger partial charge in [0, 0.05) is 40.5 Å². The Morgan fingerprint density at radius 2 is 1.77 bits per heavy atom. The van der Waals surface area contributed by atoms with Crippen LogP contribution in [0, 0.1) is 6.92 Å². The molecule has 8 nitrogen and oxygen atoms in total. The molecule has 0 saturated heterocycles. The molecule has 1 aromatic heterocycles. The van der Waals surface area contributed by atoms with E-state index >= 15 is 0 Å². The van der Waals surface area contributed by atoms with E-state index in [9.17, 15) is 0 Å². The van der Waals surface area contributed by atoms with E-state index in [1.165, 1.54) is 5.56 Å². The Kier molecular flexibility index (Phi) is 13.3. The number of hydrogen-bond acceptors (Lipinski definition) is 5. The lowest BCUT2D eigenvalue weighted by atomic mass is 10.1. The largest absolute Gasteiger partial charge is 0.385 e. The number of nitrogens with one attached hydrogen (secondary N) is 2. The molecule has 0 saturated carbocycles. The molecule has 0 fully saturated rings. The van der Waals surface area contributed by atoms with Gasteiger partial charge in [-0.2, -0.15) is 0 Å². The molecule has 0 spiro atoms. The highest BCUT2D eigenvalue weighted by Gasteiger charge is 2.06. The molecule has 0 aliphatic carbocycles. The molecule has 168 valence electrons. The van der Waals surface area contributed by atoms with Gasteiger partial charge in [-0.3, -0.25) is 0 Å². The zero-order valence-corrected chi connectivity index (χ0v) is 20.8. The van der Waals surface area contributed by atoms with Crippen molar-refractivity contribution in [1.29, 1.82) is 0 Å². The molecule has 1 heterocycles. The van der Waals surface area contributed by atoms with Gasteiger partial charge in [0.2, 0.25) is 0 Å². The van der Waals surface area contributed by atoms with Gasteiger partial charge in [-0.25, -0.2) is 4.99 Å². The number of halogens is 1. The van der Waals surface area contributed by atoms with Gasteiger partial charge in [-0.15, -0.1) is 34.2 Å². The fourth-order valence-corrected chi connectivity index (χ4v) is 2.70. The van der Waals surface area contributed by atoms with Gasteiger partial charge in [0.25, 0.3) is 0 Å². The summed E-state index contributed by atoms with van der Waals surface area (Å²) in [6.07, 6.45) is 1.90. The summed E-state index contributed by atoms with van der Waals surface area (Å²) >= 11 is 0. The first-order valence-corrected chi connectivity index (χ1v) is 10.1. The molecular weight excluding hydrogens is 495 g/mol. The molecule has 2 N–H and O–H groups in total. The van der Waals surface area contributed by atoms with Crippen LogP contribution in [0.25, 0.3) is 0 Å². The number of aryl methyl sites for hydroxylation is 1. The first kappa shape index (κ1) is 26.3. The quantitative estimate of drug-likeness (QED) is 0.190. The average molecular weight is 530 g/mol. The average Bonchev–Trinajstić information content (AvgIpc) is 3.06. The molecule has 1 unspecified atom stereocenters. The molecule has 0 aliphatic heterocycles. The van der Waals surface area contributed by atoms with Gasteiger partial charge in [0.1, 0.15) is 12.4 Å². The minimum atomic E-state index is 0. The van der Waals surface area contributed by atoms with Gasteiger partial charge in [-0.1, -0.05) is 30.3 Å². The topological polar surface area (TPSA) is 85.6 Å². The molecule has 2 aromatic rings. The highest BCUT2D eigenvalue weighted by Crippen LogP contribution is 2.15. The summed E-state index contributed by atoms with van der Waals surface area (Å²) in [5.74, 6) is 2.47. The SMILES string of the molecule is COCCCNC(=NCc1nnc(C)n1C)NCCCOC(C)c1ccccc1.I. The maximum atomic E-state index is 5.93. The summed E-state index contributed by atoms with van der Waals surface area (Å²) < 4.78 is 13.0. The van der Waals surface area contributed by atoms with Crippen LogP contribution in [0.2, 0.25) is 0 Å². The minimum absolute atomic E-state index is 0. The summed E-state index contributed by atoms with van der Waals surface area (Å²) in [4.78, 5) is 4.64. The number of nitrogens with zero attached hydrogens (tertiary/aromatic N) is 4. The molecule has 2 rings (SSSR count). The number of aliphatic imine (C=N–C) groups is 1. The number of ether oxygens (including phenoxy) is 2. The molecule has 9 heteroatoms. The van der Waals surface area contributed by atoms with Crippen molar-refractivity contribution < 1.29 is 9.47 Å². The second kappa shape index (κ2) is 15.1. The normalized spacial score (nSPS) is 12.3. The van der Waals surface area contributed by atoms with Crippen LogP contribution in [0.5, 0.6) is 0 Å². The van der Waals surface area contributed by atoms with Gasteiger partial charge in [0.05, 0.1) is 6.10 Å². The third kappa shape index (κ3) is 9.40. The summed E-state index contributed by atoms with van der Waals surface area (Å²) in [5.41, 5.74) is 1.20. The van der Waals surface area contributed by atoms with Crippen LogP contribution < -0.4 is 10.6 Å². The van der Waals surface area contributed by atoms with Crippen LogP contribution in [0.15, 0.2) is 35.3 Å². The third-order valence-corrected chi connectivity index (χ3v) is 4.63. The van der Waals surface area contributed by atoms with Crippen molar-refractivity contribution >= 4 is 29.9 Å². The van der Waals surface area contributed by atoms with Crippen LogP contribution in [0.1, 0.15) is 43.1 Å². The molecule has 0 amide bonds. The number of methoxy groups -OCH3 is 1. The van der Waals surface area contributed by atoms with E-state index in [0.717, 1.165) is 43.5 Å². The molecule has 0 radical (unpaired) electrons. The van der Waals surface area contributed by atoms with Crippen molar-refractivity contribution in [1.82, 2.24) is 25.4 Å². The summed E-state index contributed by atoms with van der Waals surface area (Å²) in [7, 11) is 3.66. The Balaban J connectivity index is 0.00000450. The van der Waals surface area contributed by atoms with Crippen LogP contribution in [-0.2, 0) is 23.1 Å². The van der Waals surface area contributed by atoms with E-state index in [4.69, 9.17) is 9.47 Å². The zero-order chi connectivity index (χ0) is 20.9. The Bertz CT molecular complexity index is 738. The molecular formula is C21H35IN6O2. The second-order valence-electron chi connectivity index (χ2n) is 6.86. The summed E-state index contributed by atoms with van der Waals surface area (Å²) in [5, 5.41) is 14.9. The maximum Gasteiger partial charge on any atom is 0.191 e. The van der Waals surface area contributed by atoms with Crippen molar-refractivity contribution in [3.63, 3.8) is 0 Å². The van der Waals surface area contributed by atoms with Crippen LogP contribution in [0.3, 0.4) is 0 Å². The molecule has 0 aliphatic rings. The highest BCUT2D eigenvalue weighted by molar-refractivity contribution is 14.0. The maximum absolute atomic E-state index is 5.93. The Morgan fingerprint density at radius 3 is 2.37 bits per heavy atom. The Hall–Kier alpha value is -1.72. The number of hydrogen-bond donors (Lipinski definition) is 2. The zero-order valence-electron chi connectivity index (χ0n) is 18.4. The third-order valence-electron chi connectivity index (χ3n) is 4.63. The van der Waals surface area contributed by atoms with E-state index in [2.05, 4.69) is 44.9 Å². The lowest BCUT2D eigenvalue weighted by molar-refractivity contribution is 0.0646. The van der Waals surface area contributed by atoms with E-state index in [-0.39, 0.29) is 30.1 Å². The van der Waals surface area contributed by atoms with Gasteiger partial charge in [-0.05, 0) is 32.3 Å². The predicted molar refractivity (Wildman–Crippen MR) is 130 cm³/mol. The molecule has 30 heavy (non-hydrogen) atoms. The second-order valence-corrected chi connectivity index (χ2v) is 6.86. The van der Waals surface area contributed by atoms with Crippen LogP contribution in [0.4, 0.5) is 0 Å². The fourth-order valence-electron chi connectivity index (χ4n) is 2.70. The van der Waals surface area contributed by atoms with E-state index < -0.39 is 0 Å². The van der Waals surface area contributed by atoms with Crippen molar-refractivity contribution in [2.45, 2.75) is 39.3 Å². The van der Waals surface area contributed by atoms with Crippen molar-refractivity contribution in [2.24, 2.45) is 12.0 Å². The van der Waals surface area contributed by atoms with E-state index in [1.807, 2.05) is 36.7 Å². The van der Waals surface area contributed by atoms with E-state index in [1.54, 1.807) is 7.11 Å². The lowest BCUT2D eigenvalue weighted by Crippen LogP contribution is -2.39.